The van der Waals surface area contributed by atoms with E-state index < -0.39 is 11.8 Å². The van der Waals surface area contributed by atoms with Gasteiger partial charge in [-0.05, 0) is 66.9 Å². The number of carbonyl (C=O) groups is 3. The van der Waals surface area contributed by atoms with E-state index >= 15 is 0 Å². The smallest absolute Gasteiger partial charge is 0.329 e. The van der Waals surface area contributed by atoms with Crippen LogP contribution in [0.1, 0.15) is 22.5 Å². The molecule has 0 saturated heterocycles. The minimum absolute atomic E-state index is 0.0967. The summed E-state index contributed by atoms with van der Waals surface area (Å²) in [6, 6.07) is 15.8. The van der Waals surface area contributed by atoms with Crippen LogP contribution >= 0.6 is 0 Å². The number of nitrogens with zero attached hydrogens (tertiary/aromatic N) is 1. The Hall–Kier alpha value is -4.40. The number of hydrogen-bond donors (Lipinski definition) is 3. The zero-order valence-corrected chi connectivity index (χ0v) is 18.3. The van der Waals surface area contributed by atoms with Gasteiger partial charge in [0.05, 0.1) is 19.0 Å². The number of furan rings is 1. The van der Waals surface area contributed by atoms with Crippen LogP contribution in [0, 0.1) is 13.8 Å². The molecular weight excluding hydrogens is 424 g/mol. The largest absolute Gasteiger partial charge is 0.484 e. The molecule has 3 rings (SSSR count). The van der Waals surface area contributed by atoms with Crippen molar-refractivity contribution >= 4 is 29.6 Å². The summed E-state index contributed by atoms with van der Waals surface area (Å²) in [5.41, 5.74) is 5.70. The molecule has 0 aliphatic carbocycles. The summed E-state index contributed by atoms with van der Waals surface area (Å²) in [6.45, 7) is 3.91. The van der Waals surface area contributed by atoms with Crippen molar-refractivity contribution < 1.29 is 23.5 Å². The number of anilines is 1. The lowest BCUT2D eigenvalue weighted by molar-refractivity contribution is -0.139. The number of carbonyl (C=O) groups excluding carboxylic acids is 3. The molecular formula is C24H24N4O5. The molecule has 9 nitrogen and oxygen atoms in total. The highest BCUT2D eigenvalue weighted by atomic mass is 16.5. The number of amides is 3. The summed E-state index contributed by atoms with van der Waals surface area (Å²) in [4.78, 5) is 35.7. The summed E-state index contributed by atoms with van der Waals surface area (Å²) in [5.74, 6) is -1.05. The molecule has 0 spiro atoms. The number of ether oxygens (including phenoxy) is 1. The second-order valence-electron chi connectivity index (χ2n) is 7.17. The maximum Gasteiger partial charge on any atom is 0.329 e. The van der Waals surface area contributed by atoms with E-state index in [-0.39, 0.29) is 19.1 Å². The maximum atomic E-state index is 12.2. The van der Waals surface area contributed by atoms with Gasteiger partial charge < -0.3 is 19.8 Å². The molecule has 3 N–H and O–H groups in total. The standard InChI is InChI=1S/C24H24N4O5/c1-16-8-9-19(11-17(16)2)27-22(29)15-33-20-6-3-5-18(12-20)13-26-28-24(31)23(30)25-14-21-7-4-10-32-21/h3-13H,14-15H2,1-2H3,(H,25,30)(H,27,29)(H,28,31)/b26-13-. The number of nitrogens with one attached hydrogen (secondary N) is 3. The number of hydrogen-bond acceptors (Lipinski definition) is 6. The molecule has 3 amide bonds. The van der Waals surface area contributed by atoms with Crippen LogP contribution in [-0.4, -0.2) is 30.5 Å². The van der Waals surface area contributed by atoms with Crippen molar-refractivity contribution in [3.05, 3.63) is 83.3 Å². The van der Waals surface area contributed by atoms with E-state index in [1.165, 1.54) is 12.5 Å². The van der Waals surface area contributed by atoms with Crippen molar-refractivity contribution in [3.63, 3.8) is 0 Å². The van der Waals surface area contributed by atoms with Gasteiger partial charge in [0.25, 0.3) is 5.91 Å². The second kappa shape index (κ2) is 11.3. The lowest BCUT2D eigenvalue weighted by Gasteiger charge is -2.09. The molecule has 0 saturated carbocycles. The van der Waals surface area contributed by atoms with Crippen molar-refractivity contribution in [1.29, 1.82) is 0 Å². The third-order valence-electron chi connectivity index (χ3n) is 4.61. The van der Waals surface area contributed by atoms with E-state index in [0.29, 0.717) is 22.8 Å². The Balaban J connectivity index is 1.45. The molecule has 2 aromatic carbocycles. The van der Waals surface area contributed by atoms with E-state index in [1.807, 2.05) is 32.0 Å². The zero-order chi connectivity index (χ0) is 23.6. The summed E-state index contributed by atoms with van der Waals surface area (Å²) >= 11 is 0. The molecule has 1 aromatic heterocycles. The van der Waals surface area contributed by atoms with E-state index in [1.54, 1.807) is 36.4 Å². The molecule has 0 unspecified atom stereocenters. The molecule has 33 heavy (non-hydrogen) atoms. The Morgan fingerprint density at radius 2 is 1.85 bits per heavy atom. The van der Waals surface area contributed by atoms with Crippen molar-refractivity contribution in [2.45, 2.75) is 20.4 Å². The Kier molecular flexibility index (Phi) is 7.96. The van der Waals surface area contributed by atoms with Crippen LogP contribution in [-0.2, 0) is 20.9 Å². The van der Waals surface area contributed by atoms with Gasteiger partial charge in [0, 0.05) is 5.69 Å². The molecule has 0 bridgehead atoms. The highest BCUT2D eigenvalue weighted by Gasteiger charge is 2.12. The highest BCUT2D eigenvalue weighted by molar-refractivity contribution is 6.35. The van der Waals surface area contributed by atoms with Crippen LogP contribution in [0.5, 0.6) is 5.75 Å². The number of rotatable bonds is 8. The molecule has 9 heteroatoms. The van der Waals surface area contributed by atoms with Gasteiger partial charge in [-0.25, -0.2) is 5.43 Å². The van der Waals surface area contributed by atoms with Gasteiger partial charge in [-0.15, -0.1) is 0 Å². The summed E-state index contributed by atoms with van der Waals surface area (Å²) < 4.78 is 10.6. The topological polar surface area (TPSA) is 122 Å². The van der Waals surface area contributed by atoms with Crippen molar-refractivity contribution in [2.75, 3.05) is 11.9 Å². The van der Waals surface area contributed by atoms with Crippen molar-refractivity contribution in [2.24, 2.45) is 5.10 Å². The molecule has 0 aliphatic rings. The van der Waals surface area contributed by atoms with Gasteiger partial charge in [0.1, 0.15) is 11.5 Å². The summed E-state index contributed by atoms with van der Waals surface area (Å²) in [6.07, 6.45) is 2.83. The van der Waals surface area contributed by atoms with Crippen LogP contribution in [0.4, 0.5) is 5.69 Å². The highest BCUT2D eigenvalue weighted by Crippen LogP contribution is 2.15. The third kappa shape index (κ3) is 7.35. The fourth-order valence-corrected chi connectivity index (χ4v) is 2.73. The molecule has 0 fully saturated rings. The zero-order valence-electron chi connectivity index (χ0n) is 18.3. The van der Waals surface area contributed by atoms with Crippen LogP contribution in [0.15, 0.2) is 70.4 Å². The summed E-state index contributed by atoms with van der Waals surface area (Å²) in [5, 5.41) is 8.98. The van der Waals surface area contributed by atoms with Gasteiger partial charge in [-0.3, -0.25) is 14.4 Å². The van der Waals surface area contributed by atoms with E-state index in [0.717, 1.165) is 11.1 Å². The Morgan fingerprint density at radius 3 is 2.61 bits per heavy atom. The van der Waals surface area contributed by atoms with Gasteiger partial charge in [0.2, 0.25) is 0 Å². The lowest BCUT2D eigenvalue weighted by Crippen LogP contribution is -2.37. The normalized spacial score (nSPS) is 10.6. The molecule has 170 valence electrons. The number of hydrazone groups is 1. The van der Waals surface area contributed by atoms with Gasteiger partial charge in [0.15, 0.2) is 6.61 Å². The van der Waals surface area contributed by atoms with E-state index in [4.69, 9.17) is 9.15 Å². The van der Waals surface area contributed by atoms with Crippen molar-refractivity contribution in [1.82, 2.24) is 10.7 Å². The first kappa shape index (κ1) is 23.3. The fourth-order valence-electron chi connectivity index (χ4n) is 2.73. The van der Waals surface area contributed by atoms with Gasteiger partial charge in [-0.2, -0.15) is 5.10 Å². The lowest BCUT2D eigenvalue weighted by atomic mass is 10.1. The minimum atomic E-state index is -0.909. The number of aryl methyl sites for hydroxylation is 2. The predicted octanol–water partition coefficient (Wildman–Crippen LogP) is 2.68. The predicted molar refractivity (Wildman–Crippen MR) is 123 cm³/mol. The van der Waals surface area contributed by atoms with Crippen LogP contribution < -0.4 is 20.8 Å². The quantitative estimate of drug-likeness (QED) is 0.278. The van der Waals surface area contributed by atoms with E-state index in [2.05, 4.69) is 21.2 Å². The first-order valence-corrected chi connectivity index (χ1v) is 10.1. The molecule has 1 heterocycles. The van der Waals surface area contributed by atoms with Crippen LogP contribution in [0.2, 0.25) is 0 Å². The first-order chi connectivity index (χ1) is 15.9. The van der Waals surface area contributed by atoms with Crippen LogP contribution in [0.25, 0.3) is 0 Å². The average Bonchev–Trinajstić information content (AvgIpc) is 3.32. The van der Waals surface area contributed by atoms with Gasteiger partial charge in [-0.1, -0.05) is 18.2 Å². The molecule has 3 aromatic rings. The molecule has 0 aliphatic heterocycles. The monoisotopic (exact) mass is 448 g/mol. The SMILES string of the molecule is Cc1ccc(NC(=O)COc2cccc(/C=N\NC(=O)C(=O)NCc3ccco3)c2)cc1C. The number of benzene rings is 2. The average molecular weight is 448 g/mol. The minimum Gasteiger partial charge on any atom is -0.484 e. The molecule has 0 atom stereocenters. The maximum absolute atomic E-state index is 12.2. The Bertz CT molecular complexity index is 1160. The second-order valence-corrected chi connectivity index (χ2v) is 7.17. The Morgan fingerprint density at radius 1 is 1.00 bits per heavy atom. The fraction of sp³-hybridized carbons (Fsp3) is 0.167. The third-order valence-corrected chi connectivity index (χ3v) is 4.61. The van der Waals surface area contributed by atoms with Gasteiger partial charge >= 0.3 is 11.8 Å². The molecule has 0 radical (unpaired) electrons. The van der Waals surface area contributed by atoms with Crippen molar-refractivity contribution in [3.8, 4) is 5.75 Å². The first-order valence-electron chi connectivity index (χ1n) is 10.1. The van der Waals surface area contributed by atoms with E-state index in [9.17, 15) is 14.4 Å². The Labute approximate surface area is 190 Å². The van der Waals surface area contributed by atoms with Crippen LogP contribution in [0.3, 0.4) is 0 Å². The summed E-state index contributed by atoms with van der Waals surface area (Å²) in [7, 11) is 0.